The van der Waals surface area contributed by atoms with E-state index in [4.69, 9.17) is 22.3 Å². The molecular formula is C27H17ClF4N10O. The van der Waals surface area contributed by atoms with Crippen LogP contribution in [-0.2, 0) is 6.18 Å². The summed E-state index contributed by atoms with van der Waals surface area (Å²) in [6.07, 6.45) is -3.27. The molecule has 216 valence electrons. The van der Waals surface area contributed by atoms with Crippen molar-refractivity contribution in [2.24, 2.45) is 5.92 Å². The molecule has 4 aromatic heterocycles. The Morgan fingerprint density at radius 2 is 1.93 bits per heavy atom. The van der Waals surface area contributed by atoms with Gasteiger partial charge < -0.3 is 10.7 Å². The predicted molar refractivity (Wildman–Crippen MR) is 146 cm³/mol. The van der Waals surface area contributed by atoms with Crippen molar-refractivity contribution >= 4 is 28.3 Å². The van der Waals surface area contributed by atoms with Gasteiger partial charge in [0.15, 0.2) is 11.5 Å². The third-order valence-electron chi connectivity index (χ3n) is 7.95. The van der Waals surface area contributed by atoms with E-state index in [1.165, 1.54) is 28.8 Å². The second-order valence-electron chi connectivity index (χ2n) is 10.5. The van der Waals surface area contributed by atoms with E-state index in [-0.39, 0.29) is 45.3 Å². The minimum Gasteiger partial charge on any atom is -0.382 e. The maximum atomic E-state index is 15.4. The summed E-state index contributed by atoms with van der Waals surface area (Å²) >= 11 is 6.23. The molecule has 4 N–H and O–H groups in total. The molecule has 3 atom stereocenters. The number of fused-ring (bicyclic) bond motifs is 4. The Balaban J connectivity index is 1.20. The summed E-state index contributed by atoms with van der Waals surface area (Å²) in [4.78, 5) is 25.5. The van der Waals surface area contributed by atoms with Crippen molar-refractivity contribution < 1.29 is 17.6 Å². The molecule has 0 radical (unpaired) electrons. The topological polar surface area (TPSA) is 149 Å². The number of hydrogen-bond acceptors (Lipinski definition) is 7. The number of nitrogen functional groups attached to an aromatic ring is 1. The molecule has 11 nitrogen and oxygen atoms in total. The molecule has 6 aromatic rings. The van der Waals surface area contributed by atoms with Crippen molar-refractivity contribution in [1.82, 2.24) is 44.7 Å². The molecule has 16 heteroatoms. The number of aromatic amines is 2. The fourth-order valence-electron chi connectivity index (χ4n) is 5.89. The van der Waals surface area contributed by atoms with Gasteiger partial charge in [-0.05, 0) is 42.7 Å². The molecule has 0 bridgehead atoms. The number of nitrogens with zero attached hydrogens (tertiary/aromatic N) is 7. The highest BCUT2D eigenvalue weighted by atomic mass is 35.5. The number of nitrogens with one attached hydrogen (secondary N) is 2. The summed E-state index contributed by atoms with van der Waals surface area (Å²) in [5.41, 5.74) is 6.33. The monoisotopic (exact) mass is 608 g/mol. The normalized spacial score (nSPS) is 19.1. The Kier molecular flexibility index (Phi) is 5.21. The highest BCUT2D eigenvalue weighted by Gasteiger charge is 2.56. The van der Waals surface area contributed by atoms with Gasteiger partial charge in [-0.3, -0.25) is 14.5 Å². The number of alkyl halides is 3. The van der Waals surface area contributed by atoms with Gasteiger partial charge in [0.1, 0.15) is 11.6 Å². The zero-order valence-electron chi connectivity index (χ0n) is 21.6. The zero-order chi connectivity index (χ0) is 29.8. The number of imidazole rings is 1. The van der Waals surface area contributed by atoms with Gasteiger partial charge in [-0.2, -0.15) is 22.7 Å². The lowest BCUT2D eigenvalue weighted by Crippen LogP contribution is -2.27. The van der Waals surface area contributed by atoms with Gasteiger partial charge in [-0.1, -0.05) is 22.9 Å². The van der Waals surface area contributed by atoms with Crippen LogP contribution in [-0.4, -0.2) is 44.7 Å². The fourth-order valence-corrected chi connectivity index (χ4v) is 6.07. The second-order valence-corrected chi connectivity index (χ2v) is 11.0. The van der Waals surface area contributed by atoms with Crippen LogP contribution in [0.5, 0.6) is 0 Å². The van der Waals surface area contributed by atoms with E-state index < -0.39 is 29.4 Å². The SMILES string of the molecule is Nc1n[nH]c2cc(-c3nc(F)c(C4C5CC5c5nc(-c6cc(Cl)ccc6-n6cc(C(F)(F)F)nn6)cc(=O)n54)[nH]3)ccc12. The van der Waals surface area contributed by atoms with E-state index >= 15 is 4.39 Å². The lowest BCUT2D eigenvalue weighted by Gasteiger charge is -2.17. The molecule has 1 saturated carbocycles. The average molecular weight is 609 g/mol. The number of anilines is 1. The predicted octanol–water partition coefficient (Wildman–Crippen LogP) is 4.86. The highest BCUT2D eigenvalue weighted by molar-refractivity contribution is 6.31. The first-order valence-electron chi connectivity index (χ1n) is 13.0. The molecule has 2 aromatic carbocycles. The maximum absolute atomic E-state index is 15.4. The lowest BCUT2D eigenvalue weighted by atomic mass is 10.1. The summed E-state index contributed by atoms with van der Waals surface area (Å²) in [7, 11) is 0. The molecule has 1 fully saturated rings. The Morgan fingerprint density at radius 3 is 2.72 bits per heavy atom. The van der Waals surface area contributed by atoms with Gasteiger partial charge in [-0.15, -0.1) is 5.10 Å². The van der Waals surface area contributed by atoms with Crippen LogP contribution in [0.25, 0.3) is 39.2 Å². The Bertz CT molecular complexity index is 2160. The number of benzene rings is 2. The van der Waals surface area contributed by atoms with E-state index in [2.05, 4.69) is 30.5 Å². The maximum Gasteiger partial charge on any atom is 0.436 e. The first-order valence-corrected chi connectivity index (χ1v) is 13.4. The van der Waals surface area contributed by atoms with Gasteiger partial charge >= 0.3 is 6.18 Å². The van der Waals surface area contributed by atoms with Crippen molar-refractivity contribution in [2.45, 2.75) is 24.6 Å². The Morgan fingerprint density at radius 1 is 1.09 bits per heavy atom. The molecule has 5 heterocycles. The summed E-state index contributed by atoms with van der Waals surface area (Å²) in [6.45, 7) is 0. The van der Waals surface area contributed by atoms with Gasteiger partial charge in [0, 0.05) is 33.5 Å². The Hall–Kier alpha value is -5.05. The minimum absolute atomic E-state index is 0.0865. The van der Waals surface area contributed by atoms with E-state index in [1.807, 2.05) is 0 Å². The molecule has 3 unspecified atom stereocenters. The molecular weight excluding hydrogens is 592 g/mol. The number of rotatable bonds is 4. The molecule has 0 amide bonds. The third kappa shape index (κ3) is 3.95. The van der Waals surface area contributed by atoms with Crippen molar-refractivity contribution in [3.8, 4) is 28.3 Å². The largest absolute Gasteiger partial charge is 0.436 e. The first-order chi connectivity index (χ1) is 20.6. The molecule has 8 rings (SSSR count). The van der Waals surface area contributed by atoms with Crippen LogP contribution in [0.15, 0.2) is 53.5 Å². The third-order valence-corrected chi connectivity index (χ3v) is 8.18. The molecule has 43 heavy (non-hydrogen) atoms. The van der Waals surface area contributed by atoms with Crippen LogP contribution in [0.4, 0.5) is 23.4 Å². The molecule has 1 aliphatic carbocycles. The molecule has 0 spiro atoms. The van der Waals surface area contributed by atoms with Gasteiger partial charge in [-0.25, -0.2) is 14.6 Å². The van der Waals surface area contributed by atoms with Crippen LogP contribution in [0.2, 0.25) is 5.02 Å². The Labute approximate surface area is 242 Å². The van der Waals surface area contributed by atoms with E-state index in [1.54, 1.807) is 18.2 Å². The standard InChI is InChI=1S/C27H17ClF4N10O/c28-11-2-4-18(41-9-19(38-40-41)27(30,31)32)15(6-11)16-8-20(43)42-22(13-7-14(13)26(42)34-16)21-23(29)36-25(35-21)10-1-3-12-17(5-10)37-39-24(12)33/h1-6,8-9,13-14,22H,7H2,(H,35,36)(H3,33,37,39). The quantitative estimate of drug-likeness (QED) is 0.242. The highest BCUT2D eigenvalue weighted by Crippen LogP contribution is 2.60. The van der Waals surface area contributed by atoms with Crippen LogP contribution >= 0.6 is 11.6 Å². The van der Waals surface area contributed by atoms with Crippen molar-refractivity contribution in [1.29, 1.82) is 0 Å². The minimum atomic E-state index is -4.69. The molecule has 2 aliphatic rings. The average Bonchev–Trinajstić information content (AvgIpc) is 3.30. The van der Waals surface area contributed by atoms with Gasteiger partial charge in [0.05, 0.1) is 34.8 Å². The van der Waals surface area contributed by atoms with Crippen molar-refractivity contribution in [2.75, 3.05) is 5.73 Å². The van der Waals surface area contributed by atoms with Crippen LogP contribution in [0, 0.1) is 11.9 Å². The number of halogens is 5. The van der Waals surface area contributed by atoms with E-state index in [0.29, 0.717) is 29.1 Å². The summed E-state index contributed by atoms with van der Waals surface area (Å²) in [6, 6.07) is 10.3. The lowest BCUT2D eigenvalue weighted by molar-refractivity contribution is -0.141. The number of H-pyrrole nitrogens is 2. The summed E-state index contributed by atoms with van der Waals surface area (Å²) < 4.78 is 57.3. The second kappa shape index (κ2) is 8.73. The summed E-state index contributed by atoms with van der Waals surface area (Å²) in [5, 5.41) is 14.6. The summed E-state index contributed by atoms with van der Waals surface area (Å²) in [5.74, 6) is 0.139. The van der Waals surface area contributed by atoms with Crippen LogP contribution in [0.1, 0.15) is 35.6 Å². The molecule has 0 saturated heterocycles. The van der Waals surface area contributed by atoms with Crippen LogP contribution in [0.3, 0.4) is 0 Å². The van der Waals surface area contributed by atoms with Gasteiger partial charge in [0.2, 0.25) is 5.95 Å². The number of aromatic nitrogens is 9. The smallest absolute Gasteiger partial charge is 0.382 e. The van der Waals surface area contributed by atoms with Crippen molar-refractivity contribution in [3.63, 3.8) is 0 Å². The van der Waals surface area contributed by atoms with E-state index in [0.717, 1.165) is 16.3 Å². The first kappa shape index (κ1) is 25.6. The zero-order valence-corrected chi connectivity index (χ0v) is 22.3. The molecule has 1 aliphatic heterocycles. The van der Waals surface area contributed by atoms with Crippen molar-refractivity contribution in [3.05, 3.63) is 87.2 Å². The van der Waals surface area contributed by atoms with E-state index in [9.17, 15) is 18.0 Å². The fraction of sp³-hybridized carbons (Fsp3) is 0.185. The number of nitrogens with two attached hydrogens (primary N) is 1. The van der Waals surface area contributed by atoms with Crippen LogP contribution < -0.4 is 11.3 Å². The number of hydrogen-bond donors (Lipinski definition) is 3. The van der Waals surface area contributed by atoms with Gasteiger partial charge in [0.25, 0.3) is 5.56 Å².